The van der Waals surface area contributed by atoms with Gasteiger partial charge < -0.3 is 10.4 Å². The molecule has 4 rings (SSSR count). The summed E-state index contributed by atoms with van der Waals surface area (Å²) in [6, 6.07) is 8.47. The molecular formula is C23H22F3N3O3. The van der Waals surface area contributed by atoms with Crippen LogP contribution in [0.3, 0.4) is 0 Å². The summed E-state index contributed by atoms with van der Waals surface area (Å²) in [4.78, 5) is 23.9. The lowest BCUT2D eigenvalue weighted by Gasteiger charge is -2.13. The Morgan fingerprint density at radius 2 is 1.91 bits per heavy atom. The van der Waals surface area contributed by atoms with Crippen LogP contribution in [-0.2, 0) is 17.4 Å². The van der Waals surface area contributed by atoms with Gasteiger partial charge in [0.1, 0.15) is 0 Å². The topological polar surface area (TPSA) is 83.7 Å². The fourth-order valence-corrected chi connectivity index (χ4v) is 4.36. The van der Waals surface area contributed by atoms with E-state index in [1.54, 1.807) is 16.8 Å². The molecule has 1 aliphatic carbocycles. The predicted octanol–water partition coefficient (Wildman–Crippen LogP) is 4.32. The lowest BCUT2D eigenvalue weighted by atomic mass is 10.0. The molecule has 2 atom stereocenters. The molecule has 3 aromatic rings. The standard InChI is InChI=1S/C23H22F3N3O3/c24-23(25,26)17-6-3-14(4-7-17)10-16-2-1-9-29-21(16)19(13-27-29)22(32)28-18-8-5-15(11-18)12-20(30)31/h1-4,6-7,9,13,15,18H,5,8,10-12H2,(H,28,32)(H,30,31). The number of pyridine rings is 1. The van der Waals surface area contributed by atoms with E-state index in [9.17, 15) is 22.8 Å². The number of carbonyl (C=O) groups excluding carboxylic acids is 1. The minimum absolute atomic E-state index is 0.0527. The van der Waals surface area contributed by atoms with Crippen molar-refractivity contribution in [2.45, 2.75) is 44.3 Å². The molecule has 0 saturated heterocycles. The molecule has 1 fully saturated rings. The molecular weight excluding hydrogens is 423 g/mol. The van der Waals surface area contributed by atoms with Crippen molar-refractivity contribution in [3.05, 3.63) is 71.0 Å². The molecule has 0 aliphatic heterocycles. The van der Waals surface area contributed by atoms with Crippen molar-refractivity contribution >= 4 is 17.4 Å². The quantitative estimate of drug-likeness (QED) is 0.592. The van der Waals surface area contributed by atoms with Crippen LogP contribution < -0.4 is 5.32 Å². The van der Waals surface area contributed by atoms with Gasteiger partial charge in [0.2, 0.25) is 0 Å². The number of hydrogen-bond acceptors (Lipinski definition) is 3. The van der Waals surface area contributed by atoms with Gasteiger partial charge in [0, 0.05) is 18.7 Å². The van der Waals surface area contributed by atoms with Crippen molar-refractivity contribution in [2.75, 3.05) is 0 Å². The lowest BCUT2D eigenvalue weighted by Crippen LogP contribution is -2.33. The van der Waals surface area contributed by atoms with Crippen LogP contribution in [0.15, 0.2) is 48.8 Å². The van der Waals surface area contributed by atoms with Gasteiger partial charge in [-0.05, 0) is 60.9 Å². The number of aromatic nitrogens is 2. The second kappa shape index (κ2) is 8.64. The zero-order valence-corrected chi connectivity index (χ0v) is 17.1. The van der Waals surface area contributed by atoms with Crippen molar-refractivity contribution < 1.29 is 27.9 Å². The number of alkyl halides is 3. The number of benzene rings is 1. The first-order valence-electron chi connectivity index (χ1n) is 10.3. The van der Waals surface area contributed by atoms with Gasteiger partial charge in [-0.2, -0.15) is 18.3 Å². The van der Waals surface area contributed by atoms with E-state index in [0.717, 1.165) is 30.5 Å². The second-order valence-corrected chi connectivity index (χ2v) is 8.20. The molecule has 1 amide bonds. The van der Waals surface area contributed by atoms with Crippen molar-refractivity contribution in [1.29, 1.82) is 0 Å². The van der Waals surface area contributed by atoms with Crippen LogP contribution in [0.4, 0.5) is 13.2 Å². The number of aliphatic carboxylic acids is 1. The van der Waals surface area contributed by atoms with E-state index in [4.69, 9.17) is 5.11 Å². The Morgan fingerprint density at radius 1 is 1.16 bits per heavy atom. The lowest BCUT2D eigenvalue weighted by molar-refractivity contribution is -0.138. The van der Waals surface area contributed by atoms with E-state index in [-0.39, 0.29) is 24.3 Å². The summed E-state index contributed by atoms with van der Waals surface area (Å²) >= 11 is 0. The van der Waals surface area contributed by atoms with Gasteiger partial charge in [-0.3, -0.25) is 9.59 Å². The summed E-state index contributed by atoms with van der Waals surface area (Å²) in [5, 5.41) is 16.2. The van der Waals surface area contributed by atoms with Gasteiger partial charge in [-0.1, -0.05) is 18.2 Å². The number of carboxylic acid groups (broad SMARTS) is 1. The third-order valence-electron chi connectivity index (χ3n) is 5.88. The van der Waals surface area contributed by atoms with Crippen LogP contribution >= 0.6 is 0 Å². The maximum atomic E-state index is 13.0. The molecule has 1 saturated carbocycles. The maximum absolute atomic E-state index is 13.0. The van der Waals surface area contributed by atoms with E-state index in [1.165, 1.54) is 18.3 Å². The molecule has 2 heterocycles. The molecule has 2 unspecified atom stereocenters. The number of amides is 1. The SMILES string of the molecule is O=C(O)CC1CCC(NC(=O)c2cnn3cccc(Cc4ccc(C(F)(F)F)cc4)c23)C1. The van der Waals surface area contributed by atoms with Crippen LogP contribution in [0.25, 0.3) is 5.52 Å². The van der Waals surface area contributed by atoms with E-state index in [0.29, 0.717) is 29.5 Å². The Kier molecular flexibility index (Phi) is 5.90. The monoisotopic (exact) mass is 445 g/mol. The Balaban J connectivity index is 1.53. The van der Waals surface area contributed by atoms with Gasteiger partial charge in [-0.25, -0.2) is 4.52 Å². The highest BCUT2D eigenvalue weighted by Gasteiger charge is 2.30. The number of hydrogen-bond donors (Lipinski definition) is 2. The molecule has 168 valence electrons. The fourth-order valence-electron chi connectivity index (χ4n) is 4.36. The van der Waals surface area contributed by atoms with Gasteiger partial charge in [0.05, 0.1) is 22.8 Å². The Bertz CT molecular complexity index is 1140. The highest BCUT2D eigenvalue weighted by atomic mass is 19.4. The van der Waals surface area contributed by atoms with E-state index < -0.39 is 17.7 Å². The average molecular weight is 445 g/mol. The zero-order valence-electron chi connectivity index (χ0n) is 17.1. The van der Waals surface area contributed by atoms with Crippen molar-refractivity contribution in [3.8, 4) is 0 Å². The summed E-state index contributed by atoms with van der Waals surface area (Å²) in [5.41, 5.74) is 1.73. The first kappa shape index (κ1) is 21.9. The van der Waals surface area contributed by atoms with Crippen LogP contribution in [0, 0.1) is 5.92 Å². The van der Waals surface area contributed by atoms with Gasteiger partial charge in [0.25, 0.3) is 5.91 Å². The van der Waals surface area contributed by atoms with Crippen LogP contribution in [-0.4, -0.2) is 32.6 Å². The molecule has 6 nitrogen and oxygen atoms in total. The number of fused-ring (bicyclic) bond motifs is 1. The fraction of sp³-hybridized carbons (Fsp3) is 0.348. The van der Waals surface area contributed by atoms with E-state index in [1.807, 2.05) is 6.07 Å². The first-order chi connectivity index (χ1) is 15.2. The van der Waals surface area contributed by atoms with E-state index >= 15 is 0 Å². The smallest absolute Gasteiger partial charge is 0.416 e. The number of carbonyl (C=O) groups is 2. The van der Waals surface area contributed by atoms with Crippen LogP contribution in [0.5, 0.6) is 0 Å². The molecule has 0 bridgehead atoms. The first-order valence-corrected chi connectivity index (χ1v) is 10.3. The Morgan fingerprint density at radius 3 is 2.59 bits per heavy atom. The minimum atomic E-state index is -4.39. The third kappa shape index (κ3) is 4.76. The molecule has 1 aliphatic rings. The normalized spacial score (nSPS) is 18.7. The van der Waals surface area contributed by atoms with Gasteiger partial charge in [-0.15, -0.1) is 0 Å². The summed E-state index contributed by atoms with van der Waals surface area (Å²) in [6.45, 7) is 0. The van der Waals surface area contributed by atoms with Gasteiger partial charge in [0.15, 0.2) is 0 Å². The second-order valence-electron chi connectivity index (χ2n) is 8.20. The van der Waals surface area contributed by atoms with Crippen LogP contribution in [0.1, 0.15) is 52.7 Å². The molecule has 2 aromatic heterocycles. The summed E-state index contributed by atoms with van der Waals surface area (Å²) < 4.78 is 40.0. The number of carboxylic acids is 1. The number of halogens is 3. The molecule has 32 heavy (non-hydrogen) atoms. The Labute approximate surface area is 182 Å². The average Bonchev–Trinajstić information content (AvgIpc) is 3.34. The number of nitrogens with zero attached hydrogens (tertiary/aromatic N) is 2. The highest BCUT2D eigenvalue weighted by Crippen LogP contribution is 2.30. The summed E-state index contributed by atoms with van der Waals surface area (Å²) in [7, 11) is 0. The van der Waals surface area contributed by atoms with Gasteiger partial charge >= 0.3 is 12.1 Å². The summed E-state index contributed by atoms with van der Waals surface area (Å²) in [5.74, 6) is -1.07. The summed E-state index contributed by atoms with van der Waals surface area (Å²) in [6.07, 6.45) is 1.34. The number of nitrogens with one attached hydrogen (secondary N) is 1. The van der Waals surface area contributed by atoms with Crippen molar-refractivity contribution in [2.24, 2.45) is 5.92 Å². The predicted molar refractivity (Wildman–Crippen MR) is 110 cm³/mol. The third-order valence-corrected chi connectivity index (χ3v) is 5.88. The van der Waals surface area contributed by atoms with Crippen molar-refractivity contribution in [1.82, 2.24) is 14.9 Å². The van der Waals surface area contributed by atoms with Crippen molar-refractivity contribution in [3.63, 3.8) is 0 Å². The molecule has 0 spiro atoms. The Hall–Kier alpha value is -3.36. The molecule has 0 radical (unpaired) electrons. The largest absolute Gasteiger partial charge is 0.481 e. The van der Waals surface area contributed by atoms with E-state index in [2.05, 4.69) is 10.4 Å². The zero-order chi connectivity index (χ0) is 22.9. The highest BCUT2D eigenvalue weighted by molar-refractivity contribution is 6.01. The molecule has 9 heteroatoms. The van der Waals surface area contributed by atoms with Crippen LogP contribution in [0.2, 0.25) is 0 Å². The maximum Gasteiger partial charge on any atom is 0.416 e. The molecule has 2 N–H and O–H groups in total. The minimum Gasteiger partial charge on any atom is -0.481 e. The number of rotatable bonds is 6. The molecule has 1 aromatic carbocycles.